The smallest absolute Gasteiger partial charge is 0.384 e. The number of amides is 1. The van der Waals surface area contributed by atoms with E-state index in [0.717, 1.165) is 12.1 Å². The van der Waals surface area contributed by atoms with Gasteiger partial charge < -0.3 is 14.4 Å². The monoisotopic (exact) mass is 331 g/mol. The van der Waals surface area contributed by atoms with Crippen molar-refractivity contribution in [1.82, 2.24) is 4.90 Å². The minimum Gasteiger partial charge on any atom is -0.384 e. The number of morpholine rings is 1. The van der Waals surface area contributed by atoms with Gasteiger partial charge in [-0.1, -0.05) is 18.2 Å². The van der Waals surface area contributed by atoms with Gasteiger partial charge in [0.15, 0.2) is 0 Å². The maximum atomic E-state index is 12.7. The van der Waals surface area contributed by atoms with E-state index >= 15 is 0 Å². The van der Waals surface area contributed by atoms with E-state index in [2.05, 4.69) is 0 Å². The molecule has 128 valence electrons. The predicted molar refractivity (Wildman–Crippen MR) is 78.0 cm³/mol. The van der Waals surface area contributed by atoms with Crippen LogP contribution in [-0.2, 0) is 26.9 Å². The Bertz CT molecular complexity index is 534. The van der Waals surface area contributed by atoms with Gasteiger partial charge in [0.25, 0.3) is 0 Å². The Morgan fingerprint density at radius 1 is 1.43 bits per heavy atom. The van der Waals surface area contributed by atoms with Gasteiger partial charge >= 0.3 is 6.18 Å². The van der Waals surface area contributed by atoms with Crippen LogP contribution >= 0.6 is 0 Å². The molecule has 1 atom stereocenters. The van der Waals surface area contributed by atoms with Gasteiger partial charge in [0.1, 0.15) is 0 Å². The SMILES string of the molecule is COCCC(=O)N1CCOC(Cc2cccc(C(F)(F)F)c2)C1. The lowest BCUT2D eigenvalue weighted by Gasteiger charge is -2.33. The second-order valence-corrected chi connectivity index (χ2v) is 5.48. The number of nitrogens with zero attached hydrogens (tertiary/aromatic N) is 1. The molecule has 0 spiro atoms. The quantitative estimate of drug-likeness (QED) is 0.832. The molecule has 23 heavy (non-hydrogen) atoms. The van der Waals surface area contributed by atoms with Crippen LogP contribution in [0.3, 0.4) is 0 Å². The van der Waals surface area contributed by atoms with E-state index in [1.54, 1.807) is 11.0 Å². The van der Waals surface area contributed by atoms with Crippen LogP contribution in [0.2, 0.25) is 0 Å². The fourth-order valence-corrected chi connectivity index (χ4v) is 2.55. The number of methoxy groups -OCH3 is 1. The van der Waals surface area contributed by atoms with Gasteiger partial charge in [-0.3, -0.25) is 4.79 Å². The van der Waals surface area contributed by atoms with Crippen molar-refractivity contribution in [3.8, 4) is 0 Å². The molecule has 0 aromatic heterocycles. The van der Waals surface area contributed by atoms with Gasteiger partial charge in [-0.25, -0.2) is 0 Å². The standard InChI is InChI=1S/C16H20F3NO3/c1-22-7-5-15(21)20-6-8-23-14(11-20)10-12-3-2-4-13(9-12)16(17,18)19/h2-4,9,14H,5-8,10-11H2,1H3. The zero-order chi connectivity index (χ0) is 16.9. The summed E-state index contributed by atoms with van der Waals surface area (Å²) >= 11 is 0. The van der Waals surface area contributed by atoms with Gasteiger partial charge in [-0.05, 0) is 11.6 Å². The van der Waals surface area contributed by atoms with Crippen molar-refractivity contribution in [1.29, 1.82) is 0 Å². The highest BCUT2D eigenvalue weighted by molar-refractivity contribution is 5.76. The average Bonchev–Trinajstić information content (AvgIpc) is 2.52. The molecular formula is C16H20F3NO3. The van der Waals surface area contributed by atoms with Crippen molar-refractivity contribution < 1.29 is 27.4 Å². The summed E-state index contributed by atoms with van der Waals surface area (Å²) in [7, 11) is 1.53. The lowest BCUT2D eigenvalue weighted by atomic mass is 10.0. The maximum absolute atomic E-state index is 12.7. The molecule has 1 unspecified atom stereocenters. The second-order valence-electron chi connectivity index (χ2n) is 5.48. The molecule has 0 bridgehead atoms. The summed E-state index contributed by atoms with van der Waals surface area (Å²) in [5.41, 5.74) is -0.116. The van der Waals surface area contributed by atoms with E-state index in [0.29, 0.717) is 44.7 Å². The van der Waals surface area contributed by atoms with Crippen molar-refractivity contribution in [3.05, 3.63) is 35.4 Å². The van der Waals surface area contributed by atoms with Gasteiger partial charge in [0.2, 0.25) is 5.91 Å². The number of alkyl halides is 3. The minimum atomic E-state index is -4.36. The number of carbonyl (C=O) groups excluding carboxylic acids is 1. The third kappa shape index (κ3) is 5.21. The molecule has 1 aromatic carbocycles. The van der Waals surface area contributed by atoms with Crippen LogP contribution in [0.25, 0.3) is 0 Å². The zero-order valence-corrected chi connectivity index (χ0v) is 12.9. The first-order chi connectivity index (χ1) is 10.9. The molecule has 0 aliphatic carbocycles. The zero-order valence-electron chi connectivity index (χ0n) is 12.9. The third-order valence-corrected chi connectivity index (χ3v) is 3.73. The first-order valence-corrected chi connectivity index (χ1v) is 7.44. The molecule has 2 rings (SSSR count). The van der Waals surface area contributed by atoms with Crippen LogP contribution in [0.15, 0.2) is 24.3 Å². The highest BCUT2D eigenvalue weighted by Crippen LogP contribution is 2.30. The van der Waals surface area contributed by atoms with Gasteiger partial charge in [0.05, 0.1) is 31.3 Å². The lowest BCUT2D eigenvalue weighted by molar-refractivity contribution is -0.139. The normalized spacial score (nSPS) is 19.0. The second kappa shape index (κ2) is 7.79. The van der Waals surface area contributed by atoms with Gasteiger partial charge in [-0.15, -0.1) is 0 Å². The summed E-state index contributed by atoms with van der Waals surface area (Å²) < 4.78 is 48.7. The Labute approximate surface area is 133 Å². The molecule has 0 N–H and O–H groups in total. The predicted octanol–water partition coefficient (Wildman–Crippen LogP) is 2.51. The Hall–Kier alpha value is -1.60. The van der Waals surface area contributed by atoms with E-state index in [1.807, 2.05) is 0 Å². The van der Waals surface area contributed by atoms with E-state index < -0.39 is 11.7 Å². The largest absolute Gasteiger partial charge is 0.416 e. The first kappa shape index (κ1) is 17.7. The number of ether oxygens (including phenoxy) is 2. The van der Waals surface area contributed by atoms with Crippen LogP contribution in [0, 0.1) is 0 Å². The van der Waals surface area contributed by atoms with Crippen molar-refractivity contribution >= 4 is 5.91 Å². The van der Waals surface area contributed by atoms with Crippen molar-refractivity contribution in [2.75, 3.05) is 33.4 Å². The summed E-state index contributed by atoms with van der Waals surface area (Å²) in [5, 5.41) is 0. The molecule has 1 fully saturated rings. The molecule has 1 saturated heterocycles. The highest BCUT2D eigenvalue weighted by atomic mass is 19.4. The Morgan fingerprint density at radius 3 is 2.91 bits per heavy atom. The lowest BCUT2D eigenvalue weighted by Crippen LogP contribution is -2.46. The molecule has 4 nitrogen and oxygen atoms in total. The summed E-state index contributed by atoms with van der Waals surface area (Å²) in [5.74, 6) is -0.0239. The summed E-state index contributed by atoms with van der Waals surface area (Å²) in [6.07, 6.45) is -4.00. The van der Waals surface area contributed by atoms with Crippen LogP contribution in [-0.4, -0.2) is 50.3 Å². The maximum Gasteiger partial charge on any atom is 0.416 e. The summed E-state index contributed by atoms with van der Waals surface area (Å²) in [4.78, 5) is 13.7. The first-order valence-electron chi connectivity index (χ1n) is 7.44. The number of hydrogen-bond donors (Lipinski definition) is 0. The van der Waals surface area contributed by atoms with Crippen molar-refractivity contribution in [2.45, 2.75) is 25.1 Å². The molecule has 1 heterocycles. The molecular weight excluding hydrogens is 311 g/mol. The molecule has 0 saturated carbocycles. The fourth-order valence-electron chi connectivity index (χ4n) is 2.55. The minimum absolute atomic E-state index is 0.0239. The van der Waals surface area contributed by atoms with Crippen molar-refractivity contribution in [2.24, 2.45) is 0 Å². The summed E-state index contributed by atoms with van der Waals surface area (Å²) in [6.45, 7) is 1.64. The van der Waals surface area contributed by atoms with Gasteiger partial charge in [0, 0.05) is 26.6 Å². The van der Waals surface area contributed by atoms with Crippen LogP contribution < -0.4 is 0 Å². The summed E-state index contributed by atoms with van der Waals surface area (Å²) in [6, 6.07) is 5.22. The fraction of sp³-hybridized carbons (Fsp3) is 0.562. The third-order valence-electron chi connectivity index (χ3n) is 3.73. The number of hydrogen-bond acceptors (Lipinski definition) is 3. The number of rotatable bonds is 5. The average molecular weight is 331 g/mol. The van der Waals surface area contributed by atoms with Crippen LogP contribution in [0.5, 0.6) is 0 Å². The Kier molecular flexibility index (Phi) is 6.01. The van der Waals surface area contributed by atoms with Gasteiger partial charge in [-0.2, -0.15) is 13.2 Å². The molecule has 1 aliphatic rings. The molecule has 1 amide bonds. The number of halogens is 3. The Morgan fingerprint density at radius 2 is 2.22 bits per heavy atom. The van der Waals surface area contributed by atoms with E-state index in [1.165, 1.54) is 13.2 Å². The number of benzene rings is 1. The van der Waals surface area contributed by atoms with E-state index in [4.69, 9.17) is 9.47 Å². The van der Waals surface area contributed by atoms with Crippen molar-refractivity contribution in [3.63, 3.8) is 0 Å². The molecule has 1 aliphatic heterocycles. The van der Waals surface area contributed by atoms with Crippen LogP contribution in [0.4, 0.5) is 13.2 Å². The molecule has 1 aromatic rings. The topological polar surface area (TPSA) is 38.8 Å². The molecule has 7 heteroatoms. The van der Waals surface area contributed by atoms with Crippen LogP contribution in [0.1, 0.15) is 17.5 Å². The highest BCUT2D eigenvalue weighted by Gasteiger charge is 2.31. The number of carbonyl (C=O) groups is 1. The van der Waals surface area contributed by atoms with E-state index in [9.17, 15) is 18.0 Å². The molecule has 0 radical (unpaired) electrons. The van der Waals surface area contributed by atoms with E-state index in [-0.39, 0.29) is 12.0 Å². The Balaban J connectivity index is 1.96.